The summed E-state index contributed by atoms with van der Waals surface area (Å²) in [6, 6.07) is 0. The lowest BCUT2D eigenvalue weighted by atomic mass is 9.92. The zero-order chi connectivity index (χ0) is 11.2. The second kappa shape index (κ2) is 3.47. The van der Waals surface area contributed by atoms with Crippen LogP contribution in [0.25, 0.3) is 0 Å². The molecule has 5 heteroatoms. The lowest BCUT2D eigenvalue weighted by Gasteiger charge is -2.21. The first-order valence-electron chi connectivity index (χ1n) is 4.58. The van der Waals surface area contributed by atoms with E-state index >= 15 is 0 Å². The molecule has 0 saturated carbocycles. The van der Waals surface area contributed by atoms with Crippen molar-refractivity contribution in [2.75, 3.05) is 0 Å². The van der Waals surface area contributed by atoms with Gasteiger partial charge in [-0.05, 0) is 12.8 Å². The van der Waals surface area contributed by atoms with Crippen LogP contribution >= 0.6 is 15.9 Å². The molecule has 1 unspecified atom stereocenters. The number of Topliss-reactive ketones (excluding diaryl/α,β-unsaturated/α-hetero) is 1. The summed E-state index contributed by atoms with van der Waals surface area (Å²) >= 11 is 3.16. The van der Waals surface area contributed by atoms with Gasteiger partial charge < -0.3 is 0 Å². The minimum atomic E-state index is -4.42. The highest BCUT2D eigenvalue weighted by Gasteiger charge is 2.43. The second-order valence-electron chi connectivity index (χ2n) is 3.70. The molecule has 0 aliphatic heterocycles. The molecule has 0 aromatic heterocycles. The van der Waals surface area contributed by atoms with Gasteiger partial charge in [0.1, 0.15) is 0 Å². The minimum Gasteiger partial charge on any atom is -0.294 e. The monoisotopic (exact) mass is 280 g/mol. The molecule has 82 valence electrons. The number of carbonyl (C=O) groups is 1. The third-order valence-corrected chi connectivity index (χ3v) is 3.24. The molecule has 0 spiro atoms. The highest BCUT2D eigenvalue weighted by molar-refractivity contribution is 9.09. The minimum absolute atomic E-state index is 0.0711. The van der Waals surface area contributed by atoms with Crippen molar-refractivity contribution in [2.45, 2.75) is 30.3 Å². The van der Waals surface area contributed by atoms with Gasteiger partial charge in [-0.1, -0.05) is 27.6 Å². The van der Waals surface area contributed by atoms with Gasteiger partial charge in [-0.2, -0.15) is 13.2 Å². The van der Waals surface area contributed by atoms with Crippen molar-refractivity contribution in [3.63, 3.8) is 0 Å². The molecule has 0 amide bonds. The highest BCUT2D eigenvalue weighted by Crippen LogP contribution is 2.43. The molecule has 0 heterocycles. The Morgan fingerprint density at radius 3 is 2.60 bits per heavy atom. The number of alkyl halides is 4. The van der Waals surface area contributed by atoms with Crippen LogP contribution in [0.4, 0.5) is 13.2 Å². The number of rotatable bonds is 0. The molecule has 2 aliphatic carbocycles. The zero-order valence-corrected chi connectivity index (χ0v) is 9.28. The third-order valence-electron chi connectivity index (χ3n) is 2.65. The Bertz CT molecular complexity index is 379. The average Bonchev–Trinajstić information content (AvgIpc) is 2.44. The van der Waals surface area contributed by atoms with E-state index in [9.17, 15) is 18.0 Å². The SMILES string of the molecule is O=C1CCC2=C1C(C(F)(F)F)=CC(Br)C2. The molecule has 2 rings (SSSR count). The zero-order valence-electron chi connectivity index (χ0n) is 7.70. The summed E-state index contributed by atoms with van der Waals surface area (Å²) in [4.78, 5) is 11.1. The van der Waals surface area contributed by atoms with Crippen LogP contribution in [0.1, 0.15) is 19.3 Å². The van der Waals surface area contributed by atoms with Crippen LogP contribution in [0, 0.1) is 0 Å². The van der Waals surface area contributed by atoms with Gasteiger partial charge in [0.25, 0.3) is 0 Å². The van der Waals surface area contributed by atoms with E-state index in [2.05, 4.69) is 15.9 Å². The van der Waals surface area contributed by atoms with Gasteiger partial charge in [0, 0.05) is 16.8 Å². The van der Waals surface area contributed by atoms with Crippen LogP contribution in [0.5, 0.6) is 0 Å². The van der Waals surface area contributed by atoms with E-state index in [0.717, 1.165) is 6.08 Å². The topological polar surface area (TPSA) is 17.1 Å². The van der Waals surface area contributed by atoms with Crippen LogP contribution in [-0.2, 0) is 4.79 Å². The van der Waals surface area contributed by atoms with Crippen LogP contribution < -0.4 is 0 Å². The highest BCUT2D eigenvalue weighted by atomic mass is 79.9. The molecule has 1 nitrogen and oxygen atoms in total. The van der Waals surface area contributed by atoms with E-state index in [-0.39, 0.29) is 22.6 Å². The van der Waals surface area contributed by atoms with E-state index in [1.165, 1.54) is 0 Å². The van der Waals surface area contributed by atoms with Gasteiger partial charge >= 0.3 is 6.18 Å². The Morgan fingerprint density at radius 1 is 1.33 bits per heavy atom. The number of halogens is 4. The quantitative estimate of drug-likeness (QED) is 0.623. The Hall–Kier alpha value is -0.580. The van der Waals surface area contributed by atoms with Crippen molar-refractivity contribution in [1.29, 1.82) is 0 Å². The van der Waals surface area contributed by atoms with Crippen molar-refractivity contribution < 1.29 is 18.0 Å². The fraction of sp³-hybridized carbons (Fsp3) is 0.500. The summed E-state index contributed by atoms with van der Waals surface area (Å²) < 4.78 is 38.0. The van der Waals surface area contributed by atoms with Crippen molar-refractivity contribution in [1.82, 2.24) is 0 Å². The van der Waals surface area contributed by atoms with Crippen molar-refractivity contribution >= 4 is 21.7 Å². The maximum absolute atomic E-state index is 12.7. The average molecular weight is 281 g/mol. The summed E-state index contributed by atoms with van der Waals surface area (Å²) in [6.45, 7) is 0. The van der Waals surface area contributed by atoms with E-state index in [1.807, 2.05) is 0 Å². The van der Waals surface area contributed by atoms with Crippen LogP contribution in [0.2, 0.25) is 0 Å². The predicted molar refractivity (Wildman–Crippen MR) is 52.7 cm³/mol. The van der Waals surface area contributed by atoms with Crippen LogP contribution in [0.15, 0.2) is 22.8 Å². The first-order chi connectivity index (χ1) is 6.89. The van der Waals surface area contributed by atoms with Gasteiger partial charge in [-0.15, -0.1) is 0 Å². The van der Waals surface area contributed by atoms with E-state index in [4.69, 9.17) is 0 Å². The van der Waals surface area contributed by atoms with Gasteiger partial charge in [0.15, 0.2) is 5.78 Å². The van der Waals surface area contributed by atoms with Crippen LogP contribution in [0.3, 0.4) is 0 Å². The summed E-state index contributed by atoms with van der Waals surface area (Å²) in [7, 11) is 0. The van der Waals surface area contributed by atoms with E-state index in [0.29, 0.717) is 18.4 Å². The molecule has 0 fully saturated rings. The summed E-state index contributed by atoms with van der Waals surface area (Å²) in [5.74, 6) is -0.368. The molecule has 0 radical (unpaired) electrons. The van der Waals surface area contributed by atoms with Gasteiger partial charge in [-0.25, -0.2) is 0 Å². The smallest absolute Gasteiger partial charge is 0.294 e. The largest absolute Gasteiger partial charge is 0.416 e. The molecule has 1 atom stereocenters. The lowest BCUT2D eigenvalue weighted by molar-refractivity contribution is -0.117. The Balaban J connectivity index is 2.47. The molecule has 0 N–H and O–H groups in total. The standard InChI is InChI=1S/C10H8BrF3O/c11-6-3-5-1-2-8(15)9(5)7(4-6)10(12,13)14/h4,6H,1-3H2. The molecule has 0 bridgehead atoms. The molecule has 0 aromatic rings. The summed E-state index contributed by atoms with van der Waals surface area (Å²) in [5.41, 5.74) is -0.178. The second-order valence-corrected chi connectivity index (χ2v) is 4.88. The first kappa shape index (κ1) is 10.9. The van der Waals surface area contributed by atoms with Crippen molar-refractivity contribution in [3.05, 3.63) is 22.8 Å². The fourth-order valence-electron chi connectivity index (χ4n) is 2.05. The maximum Gasteiger partial charge on any atom is 0.416 e. The van der Waals surface area contributed by atoms with Gasteiger partial charge in [0.05, 0.1) is 5.57 Å². The maximum atomic E-state index is 12.7. The van der Waals surface area contributed by atoms with E-state index < -0.39 is 11.7 Å². The lowest BCUT2D eigenvalue weighted by Crippen LogP contribution is -2.21. The van der Waals surface area contributed by atoms with Crippen molar-refractivity contribution in [2.24, 2.45) is 0 Å². The molecule has 0 saturated heterocycles. The first-order valence-corrected chi connectivity index (χ1v) is 5.50. The van der Waals surface area contributed by atoms with Crippen LogP contribution in [-0.4, -0.2) is 16.8 Å². The molecule has 0 aromatic carbocycles. The van der Waals surface area contributed by atoms with Crippen molar-refractivity contribution in [3.8, 4) is 0 Å². The Labute approximate surface area is 93.2 Å². The van der Waals surface area contributed by atoms with Gasteiger partial charge in [0.2, 0.25) is 0 Å². The predicted octanol–water partition coefficient (Wildman–Crippen LogP) is 3.30. The molecule has 15 heavy (non-hydrogen) atoms. The third kappa shape index (κ3) is 1.89. The fourth-order valence-corrected chi connectivity index (χ4v) is 2.71. The summed E-state index contributed by atoms with van der Waals surface area (Å²) in [6.07, 6.45) is -2.11. The number of ketones is 1. The summed E-state index contributed by atoms with van der Waals surface area (Å²) in [5, 5.41) is 0. The molecular weight excluding hydrogens is 273 g/mol. The number of hydrogen-bond donors (Lipinski definition) is 0. The molecular formula is C10H8BrF3O. The van der Waals surface area contributed by atoms with Gasteiger partial charge in [-0.3, -0.25) is 4.79 Å². The number of allylic oxidation sites excluding steroid dienone is 4. The molecule has 2 aliphatic rings. The normalized spacial score (nSPS) is 26.8. The van der Waals surface area contributed by atoms with E-state index in [1.54, 1.807) is 0 Å². The Morgan fingerprint density at radius 2 is 2.00 bits per heavy atom. The number of hydrogen-bond acceptors (Lipinski definition) is 1. The Kier molecular flexibility index (Phi) is 2.53. The number of carbonyl (C=O) groups excluding carboxylic acids is 1.